The minimum Gasteiger partial charge on any atom is -0.335 e. The summed E-state index contributed by atoms with van der Waals surface area (Å²) >= 11 is 0. The summed E-state index contributed by atoms with van der Waals surface area (Å²) < 4.78 is 1.97. The van der Waals surface area contributed by atoms with Crippen LogP contribution in [0.3, 0.4) is 0 Å². The van der Waals surface area contributed by atoms with Crippen LogP contribution in [0.4, 0.5) is 5.69 Å². The van der Waals surface area contributed by atoms with Gasteiger partial charge in [0.15, 0.2) is 0 Å². The Morgan fingerprint density at radius 2 is 1.76 bits per heavy atom. The van der Waals surface area contributed by atoms with Crippen molar-refractivity contribution in [3.8, 4) is 0 Å². The Balaban J connectivity index is 1.50. The molecule has 4 heterocycles. The third-order valence-electron chi connectivity index (χ3n) is 7.91. The molecule has 8 nitrogen and oxygen atoms in total. The highest BCUT2D eigenvalue weighted by Gasteiger charge is 2.37. The number of fused-ring (bicyclic) bond motifs is 3. The highest BCUT2D eigenvalue weighted by atomic mass is 16.2. The van der Waals surface area contributed by atoms with Crippen LogP contribution < -0.4 is 4.90 Å². The molecule has 2 atom stereocenters. The highest BCUT2D eigenvalue weighted by Crippen LogP contribution is 2.32. The van der Waals surface area contributed by atoms with Crippen molar-refractivity contribution in [3.05, 3.63) is 78.1 Å². The van der Waals surface area contributed by atoms with Gasteiger partial charge in [0, 0.05) is 75.4 Å². The molecule has 1 saturated heterocycles. The van der Waals surface area contributed by atoms with E-state index in [1.54, 1.807) is 13.1 Å². The van der Waals surface area contributed by atoms with Crippen LogP contribution in [0.15, 0.2) is 61.1 Å². The number of hydrogen-bond donors (Lipinski definition) is 0. The van der Waals surface area contributed by atoms with Gasteiger partial charge in [-0.15, -0.1) is 0 Å². The standard InChI is InChI=1S/C30H38N6O2/c1-22(2)30-32-15-17-33(30)21-29(38)34-18-24-8-4-5-10-28(24)35(23(3)37)16-13-26-11-12-27(20-34)36(26)19-25-9-6-7-14-31-25/h4-10,14-15,17,22,26-27H,11-13,16,18-21H2,1-3H3/t26-,27+/m0/s1. The number of benzene rings is 1. The molecule has 0 unspecified atom stereocenters. The summed E-state index contributed by atoms with van der Waals surface area (Å²) in [5.41, 5.74) is 2.93. The van der Waals surface area contributed by atoms with Crippen molar-refractivity contribution in [2.45, 2.75) is 77.7 Å². The zero-order chi connectivity index (χ0) is 26.6. The average Bonchev–Trinajstić information content (AvgIpc) is 3.51. The van der Waals surface area contributed by atoms with Crippen LogP contribution in [0.5, 0.6) is 0 Å². The predicted molar refractivity (Wildman–Crippen MR) is 147 cm³/mol. The quantitative estimate of drug-likeness (QED) is 0.510. The van der Waals surface area contributed by atoms with Gasteiger partial charge in [-0.05, 0) is 43.0 Å². The molecule has 3 aromatic rings. The van der Waals surface area contributed by atoms with E-state index in [-0.39, 0.29) is 30.3 Å². The van der Waals surface area contributed by atoms with Crippen LogP contribution in [-0.2, 0) is 29.2 Å². The van der Waals surface area contributed by atoms with Crippen LogP contribution >= 0.6 is 0 Å². The second kappa shape index (κ2) is 11.5. The Bertz CT molecular complexity index is 1260. The Morgan fingerprint density at radius 3 is 2.53 bits per heavy atom. The molecule has 38 heavy (non-hydrogen) atoms. The second-order valence-corrected chi connectivity index (χ2v) is 10.8. The lowest BCUT2D eigenvalue weighted by molar-refractivity contribution is -0.133. The van der Waals surface area contributed by atoms with Gasteiger partial charge >= 0.3 is 0 Å². The van der Waals surface area contributed by atoms with E-state index in [1.807, 2.05) is 63.2 Å². The SMILES string of the molecule is CC(=O)N1CC[C@@H]2CC[C@H](CN(C(=O)Cn3ccnc3C(C)C)Cc3ccccc31)N2Cc1ccccn1. The molecule has 0 spiro atoms. The van der Waals surface area contributed by atoms with Gasteiger partial charge in [0.2, 0.25) is 11.8 Å². The number of para-hydroxylation sites is 1. The number of hydrogen-bond acceptors (Lipinski definition) is 5. The molecule has 2 amide bonds. The molecule has 0 radical (unpaired) electrons. The summed E-state index contributed by atoms with van der Waals surface area (Å²) in [6, 6.07) is 14.6. The van der Waals surface area contributed by atoms with Gasteiger partial charge in [-0.2, -0.15) is 0 Å². The Labute approximate surface area is 225 Å². The number of aromatic nitrogens is 3. The van der Waals surface area contributed by atoms with Crippen molar-refractivity contribution in [1.82, 2.24) is 24.3 Å². The first-order valence-electron chi connectivity index (χ1n) is 13.7. The van der Waals surface area contributed by atoms with Gasteiger partial charge in [-0.3, -0.25) is 19.5 Å². The zero-order valence-electron chi connectivity index (χ0n) is 22.7. The Kier molecular flexibility index (Phi) is 7.88. The van der Waals surface area contributed by atoms with Crippen LogP contribution in [-0.4, -0.2) is 61.3 Å². The minimum absolute atomic E-state index is 0.0281. The van der Waals surface area contributed by atoms with E-state index in [1.165, 1.54) is 0 Å². The fourth-order valence-corrected chi connectivity index (χ4v) is 6.01. The van der Waals surface area contributed by atoms with Crippen LogP contribution in [0.1, 0.15) is 63.0 Å². The lowest BCUT2D eigenvalue weighted by atomic mass is 10.1. The summed E-state index contributed by atoms with van der Waals surface area (Å²) in [4.78, 5) is 42.2. The van der Waals surface area contributed by atoms with E-state index in [9.17, 15) is 9.59 Å². The van der Waals surface area contributed by atoms with E-state index in [0.29, 0.717) is 25.7 Å². The van der Waals surface area contributed by atoms with Crippen molar-refractivity contribution in [2.24, 2.45) is 0 Å². The van der Waals surface area contributed by atoms with Crippen molar-refractivity contribution in [1.29, 1.82) is 0 Å². The summed E-state index contributed by atoms with van der Waals surface area (Å²) in [5.74, 6) is 1.24. The molecule has 1 fully saturated rings. The summed E-state index contributed by atoms with van der Waals surface area (Å²) in [5, 5.41) is 0. The van der Waals surface area contributed by atoms with Crippen molar-refractivity contribution < 1.29 is 9.59 Å². The summed E-state index contributed by atoms with van der Waals surface area (Å²) in [6.45, 7) is 8.57. The van der Waals surface area contributed by atoms with Crippen LogP contribution in [0, 0.1) is 0 Å². The van der Waals surface area contributed by atoms with E-state index < -0.39 is 0 Å². The number of carbonyl (C=O) groups excluding carboxylic acids is 2. The highest BCUT2D eigenvalue weighted by molar-refractivity contribution is 5.92. The molecule has 1 aromatic carbocycles. The molecule has 200 valence electrons. The lowest BCUT2D eigenvalue weighted by Gasteiger charge is -2.33. The van der Waals surface area contributed by atoms with E-state index in [4.69, 9.17) is 0 Å². The fraction of sp³-hybridized carbons (Fsp3) is 0.467. The molecule has 2 aliphatic rings. The van der Waals surface area contributed by atoms with E-state index >= 15 is 0 Å². The zero-order valence-corrected chi connectivity index (χ0v) is 22.7. The minimum atomic E-state index is 0.0281. The normalized spacial score (nSPS) is 20.3. The van der Waals surface area contributed by atoms with Gasteiger partial charge in [0.05, 0.1) is 5.69 Å². The van der Waals surface area contributed by atoms with Gasteiger partial charge in [-0.25, -0.2) is 4.98 Å². The molecule has 2 aliphatic heterocycles. The van der Waals surface area contributed by atoms with Gasteiger partial charge in [-0.1, -0.05) is 38.1 Å². The predicted octanol–water partition coefficient (Wildman–Crippen LogP) is 4.22. The number of nitrogens with zero attached hydrogens (tertiary/aromatic N) is 6. The molecule has 0 aliphatic carbocycles. The van der Waals surface area contributed by atoms with Crippen LogP contribution in [0.2, 0.25) is 0 Å². The number of anilines is 1. The third kappa shape index (κ3) is 5.65. The summed E-state index contributed by atoms with van der Waals surface area (Å²) in [7, 11) is 0. The molecular formula is C30H38N6O2. The number of carbonyl (C=O) groups is 2. The number of imidazole rings is 1. The van der Waals surface area contributed by atoms with Crippen molar-refractivity contribution >= 4 is 17.5 Å². The molecule has 2 aromatic heterocycles. The maximum atomic E-state index is 13.9. The maximum absolute atomic E-state index is 13.9. The third-order valence-corrected chi connectivity index (χ3v) is 7.91. The first-order valence-corrected chi connectivity index (χ1v) is 13.7. The van der Waals surface area contributed by atoms with Crippen molar-refractivity contribution in [3.63, 3.8) is 0 Å². The van der Waals surface area contributed by atoms with Gasteiger partial charge in [0.1, 0.15) is 12.4 Å². The molecule has 5 rings (SSSR count). The maximum Gasteiger partial charge on any atom is 0.242 e. The molecule has 0 saturated carbocycles. The monoisotopic (exact) mass is 514 g/mol. The van der Waals surface area contributed by atoms with Crippen molar-refractivity contribution in [2.75, 3.05) is 18.0 Å². The molecule has 2 bridgehead atoms. The van der Waals surface area contributed by atoms with Gasteiger partial charge < -0.3 is 14.4 Å². The van der Waals surface area contributed by atoms with E-state index in [0.717, 1.165) is 48.6 Å². The van der Waals surface area contributed by atoms with Gasteiger partial charge in [0.25, 0.3) is 0 Å². The largest absolute Gasteiger partial charge is 0.335 e. The summed E-state index contributed by atoms with van der Waals surface area (Å²) in [6.07, 6.45) is 8.45. The lowest BCUT2D eigenvalue weighted by Crippen LogP contribution is -2.45. The molecule has 8 heteroatoms. The number of rotatable bonds is 5. The van der Waals surface area contributed by atoms with Crippen LogP contribution in [0.25, 0.3) is 0 Å². The van der Waals surface area contributed by atoms with E-state index in [2.05, 4.69) is 34.8 Å². The smallest absolute Gasteiger partial charge is 0.242 e. The number of pyridine rings is 1. The Morgan fingerprint density at radius 1 is 0.974 bits per heavy atom. The topological polar surface area (TPSA) is 74.6 Å². The Hall–Kier alpha value is -3.52. The molecular weight excluding hydrogens is 476 g/mol. The average molecular weight is 515 g/mol. The second-order valence-electron chi connectivity index (χ2n) is 10.8. The fourth-order valence-electron chi connectivity index (χ4n) is 6.01. The first kappa shape index (κ1) is 26.1. The molecule has 0 N–H and O–H groups in total. The first-order chi connectivity index (χ1) is 18.4. The number of amides is 2.